The summed E-state index contributed by atoms with van der Waals surface area (Å²) < 4.78 is 7.51. The minimum atomic E-state index is 0.528. The quantitative estimate of drug-likeness (QED) is 0.716. The summed E-state index contributed by atoms with van der Waals surface area (Å²) in [6, 6.07) is 12.2. The van der Waals surface area contributed by atoms with Crippen LogP contribution in [0.4, 0.5) is 0 Å². The molecule has 0 aliphatic heterocycles. The first-order chi connectivity index (χ1) is 11.4. The number of rotatable bonds is 3. The fourth-order valence-electron chi connectivity index (χ4n) is 3.55. The van der Waals surface area contributed by atoms with E-state index in [1.54, 1.807) is 7.11 Å². The lowest BCUT2D eigenvalue weighted by Gasteiger charge is -2.22. The SMILES string of the molecule is COc1ccc(-n2c(C3CCCCC3)nc3cccnc32)cc1. The van der Waals surface area contributed by atoms with E-state index in [1.165, 1.54) is 32.1 Å². The zero-order chi connectivity index (χ0) is 15.6. The molecule has 4 heteroatoms. The number of ether oxygens (including phenoxy) is 1. The van der Waals surface area contributed by atoms with Gasteiger partial charge in [0, 0.05) is 17.8 Å². The van der Waals surface area contributed by atoms with Crippen molar-refractivity contribution < 1.29 is 4.74 Å². The zero-order valence-corrected chi connectivity index (χ0v) is 13.4. The Hall–Kier alpha value is -2.36. The maximum atomic E-state index is 5.28. The number of aromatic nitrogens is 3. The fraction of sp³-hybridized carbons (Fsp3) is 0.368. The Morgan fingerprint density at radius 1 is 1.04 bits per heavy atom. The molecule has 1 aromatic carbocycles. The summed E-state index contributed by atoms with van der Waals surface area (Å²) in [7, 11) is 1.69. The van der Waals surface area contributed by atoms with Crippen LogP contribution in [-0.4, -0.2) is 21.6 Å². The van der Waals surface area contributed by atoms with Crippen LogP contribution < -0.4 is 4.74 Å². The van der Waals surface area contributed by atoms with E-state index in [9.17, 15) is 0 Å². The first-order valence-electron chi connectivity index (χ1n) is 8.34. The molecule has 118 valence electrons. The summed E-state index contributed by atoms with van der Waals surface area (Å²) in [4.78, 5) is 9.51. The van der Waals surface area contributed by atoms with Gasteiger partial charge in [-0.05, 0) is 49.2 Å². The second kappa shape index (κ2) is 6.03. The number of pyridine rings is 1. The van der Waals surface area contributed by atoms with Crippen molar-refractivity contribution >= 4 is 11.2 Å². The molecule has 0 amide bonds. The van der Waals surface area contributed by atoms with Gasteiger partial charge in [0.05, 0.1) is 7.11 Å². The van der Waals surface area contributed by atoms with E-state index in [2.05, 4.69) is 27.8 Å². The Labute approximate surface area is 136 Å². The van der Waals surface area contributed by atoms with Gasteiger partial charge in [0.1, 0.15) is 17.1 Å². The highest BCUT2D eigenvalue weighted by molar-refractivity contribution is 5.74. The normalized spacial score (nSPS) is 15.9. The van der Waals surface area contributed by atoms with Crippen LogP contribution in [0.25, 0.3) is 16.9 Å². The van der Waals surface area contributed by atoms with Crippen molar-refractivity contribution in [3.05, 3.63) is 48.4 Å². The maximum absolute atomic E-state index is 5.28. The zero-order valence-electron chi connectivity index (χ0n) is 13.4. The van der Waals surface area contributed by atoms with E-state index < -0.39 is 0 Å². The van der Waals surface area contributed by atoms with E-state index >= 15 is 0 Å². The lowest BCUT2D eigenvalue weighted by atomic mass is 9.88. The summed E-state index contributed by atoms with van der Waals surface area (Å²) in [6.45, 7) is 0. The number of fused-ring (bicyclic) bond motifs is 1. The molecule has 4 rings (SSSR count). The molecule has 1 aliphatic rings. The van der Waals surface area contributed by atoms with Crippen LogP contribution in [0.2, 0.25) is 0 Å². The first kappa shape index (κ1) is 14.2. The van der Waals surface area contributed by atoms with Crippen LogP contribution in [0.3, 0.4) is 0 Å². The minimum Gasteiger partial charge on any atom is -0.497 e. The van der Waals surface area contributed by atoms with Gasteiger partial charge in [0.25, 0.3) is 0 Å². The molecule has 2 heterocycles. The number of hydrogen-bond donors (Lipinski definition) is 0. The van der Waals surface area contributed by atoms with Crippen LogP contribution in [0.5, 0.6) is 5.75 Å². The first-order valence-corrected chi connectivity index (χ1v) is 8.34. The number of methoxy groups -OCH3 is 1. The van der Waals surface area contributed by atoms with E-state index in [4.69, 9.17) is 9.72 Å². The highest BCUT2D eigenvalue weighted by Crippen LogP contribution is 2.35. The largest absolute Gasteiger partial charge is 0.497 e. The van der Waals surface area contributed by atoms with Gasteiger partial charge in [-0.3, -0.25) is 4.57 Å². The summed E-state index contributed by atoms with van der Waals surface area (Å²) in [6.07, 6.45) is 8.22. The molecule has 0 unspecified atom stereocenters. The second-order valence-electron chi connectivity index (χ2n) is 6.18. The Balaban J connectivity index is 1.87. The predicted octanol–water partition coefficient (Wildman–Crippen LogP) is 4.48. The van der Waals surface area contributed by atoms with E-state index in [1.807, 2.05) is 24.4 Å². The second-order valence-corrected chi connectivity index (χ2v) is 6.18. The smallest absolute Gasteiger partial charge is 0.164 e. The monoisotopic (exact) mass is 307 g/mol. The van der Waals surface area contributed by atoms with Crippen LogP contribution in [0.1, 0.15) is 43.8 Å². The van der Waals surface area contributed by atoms with Crippen molar-refractivity contribution in [2.24, 2.45) is 0 Å². The highest BCUT2D eigenvalue weighted by atomic mass is 16.5. The van der Waals surface area contributed by atoms with Gasteiger partial charge in [-0.15, -0.1) is 0 Å². The molecule has 1 aliphatic carbocycles. The summed E-state index contributed by atoms with van der Waals surface area (Å²) in [5.74, 6) is 2.55. The van der Waals surface area contributed by atoms with Gasteiger partial charge < -0.3 is 4.74 Å². The number of benzene rings is 1. The fourth-order valence-corrected chi connectivity index (χ4v) is 3.55. The van der Waals surface area contributed by atoms with Gasteiger partial charge >= 0.3 is 0 Å². The average Bonchev–Trinajstić information content (AvgIpc) is 3.02. The highest BCUT2D eigenvalue weighted by Gasteiger charge is 2.23. The van der Waals surface area contributed by atoms with Gasteiger partial charge in [-0.1, -0.05) is 19.3 Å². The molecule has 2 aromatic heterocycles. The Morgan fingerprint density at radius 3 is 2.57 bits per heavy atom. The predicted molar refractivity (Wildman–Crippen MR) is 91.2 cm³/mol. The minimum absolute atomic E-state index is 0.528. The standard InChI is InChI=1S/C19H21N3O/c1-23-16-11-9-15(10-12-16)22-18(14-6-3-2-4-7-14)21-17-8-5-13-20-19(17)22/h5,8-14H,2-4,6-7H2,1H3. The number of imidazole rings is 1. The molecule has 0 saturated heterocycles. The van der Waals surface area contributed by atoms with Gasteiger partial charge in [-0.25, -0.2) is 9.97 Å². The summed E-state index contributed by atoms with van der Waals surface area (Å²) in [5.41, 5.74) is 3.02. The lowest BCUT2D eigenvalue weighted by Crippen LogP contribution is -2.11. The molecular formula is C19H21N3O. The third kappa shape index (κ3) is 2.58. The van der Waals surface area contributed by atoms with Crippen LogP contribution in [0.15, 0.2) is 42.6 Å². The topological polar surface area (TPSA) is 39.9 Å². The van der Waals surface area contributed by atoms with Crippen molar-refractivity contribution in [3.8, 4) is 11.4 Å². The maximum Gasteiger partial charge on any atom is 0.164 e. The average molecular weight is 307 g/mol. The molecule has 1 fully saturated rings. The van der Waals surface area contributed by atoms with Crippen molar-refractivity contribution in [3.63, 3.8) is 0 Å². The van der Waals surface area contributed by atoms with Gasteiger partial charge in [-0.2, -0.15) is 0 Å². The molecule has 3 aromatic rings. The molecule has 23 heavy (non-hydrogen) atoms. The van der Waals surface area contributed by atoms with Crippen molar-refractivity contribution in [1.82, 2.24) is 14.5 Å². The van der Waals surface area contributed by atoms with Crippen molar-refractivity contribution in [2.45, 2.75) is 38.0 Å². The van der Waals surface area contributed by atoms with Crippen LogP contribution in [0, 0.1) is 0 Å². The molecule has 0 bridgehead atoms. The van der Waals surface area contributed by atoms with E-state index in [0.29, 0.717) is 5.92 Å². The van der Waals surface area contributed by atoms with Gasteiger partial charge in [0.15, 0.2) is 5.65 Å². The lowest BCUT2D eigenvalue weighted by molar-refractivity contribution is 0.414. The van der Waals surface area contributed by atoms with Crippen LogP contribution >= 0.6 is 0 Å². The third-order valence-corrected chi connectivity index (χ3v) is 4.74. The molecular weight excluding hydrogens is 286 g/mol. The molecule has 4 nitrogen and oxygen atoms in total. The van der Waals surface area contributed by atoms with Crippen LogP contribution in [-0.2, 0) is 0 Å². The number of nitrogens with zero attached hydrogens (tertiary/aromatic N) is 3. The van der Waals surface area contributed by atoms with Crippen molar-refractivity contribution in [2.75, 3.05) is 7.11 Å². The molecule has 0 N–H and O–H groups in total. The van der Waals surface area contributed by atoms with E-state index in [-0.39, 0.29) is 0 Å². The Kier molecular flexibility index (Phi) is 3.74. The number of hydrogen-bond acceptors (Lipinski definition) is 3. The Bertz CT molecular complexity index is 801. The van der Waals surface area contributed by atoms with Crippen molar-refractivity contribution in [1.29, 1.82) is 0 Å². The van der Waals surface area contributed by atoms with E-state index in [0.717, 1.165) is 28.4 Å². The Morgan fingerprint density at radius 2 is 1.83 bits per heavy atom. The summed E-state index contributed by atoms with van der Waals surface area (Å²) >= 11 is 0. The summed E-state index contributed by atoms with van der Waals surface area (Å²) in [5, 5.41) is 0. The molecule has 1 saturated carbocycles. The molecule has 0 atom stereocenters. The molecule has 0 spiro atoms. The molecule has 0 radical (unpaired) electrons. The van der Waals surface area contributed by atoms with Gasteiger partial charge in [0.2, 0.25) is 0 Å². The third-order valence-electron chi connectivity index (χ3n) is 4.74.